The summed E-state index contributed by atoms with van der Waals surface area (Å²) >= 11 is 1.73. The molecule has 1 N–H and O–H groups in total. The number of fused-ring (bicyclic) bond motifs is 1. The lowest BCUT2D eigenvalue weighted by Gasteiger charge is -2.23. The molecule has 0 bridgehead atoms. The molecule has 0 radical (unpaired) electrons. The van der Waals surface area contributed by atoms with E-state index >= 15 is 0 Å². The van der Waals surface area contributed by atoms with E-state index in [1.54, 1.807) is 11.3 Å². The third-order valence-corrected chi connectivity index (χ3v) is 6.48. The molecule has 0 aliphatic heterocycles. The van der Waals surface area contributed by atoms with Crippen molar-refractivity contribution in [2.24, 2.45) is 5.92 Å². The van der Waals surface area contributed by atoms with Crippen LogP contribution in [0.5, 0.6) is 0 Å². The zero-order valence-electron chi connectivity index (χ0n) is 14.1. The summed E-state index contributed by atoms with van der Waals surface area (Å²) in [6.07, 6.45) is 9.46. The molecule has 1 atom stereocenters. The summed E-state index contributed by atoms with van der Waals surface area (Å²) in [5.74, 6) is 0.453. The summed E-state index contributed by atoms with van der Waals surface area (Å²) < 4.78 is 0. The van der Waals surface area contributed by atoms with Gasteiger partial charge in [0.1, 0.15) is 0 Å². The molecule has 1 aromatic heterocycles. The average molecular weight is 340 g/mol. The molecule has 4 rings (SSSR count). The second-order valence-electron chi connectivity index (χ2n) is 7.17. The molecule has 0 spiro atoms. The van der Waals surface area contributed by atoms with Gasteiger partial charge < -0.3 is 5.32 Å². The van der Waals surface area contributed by atoms with Crippen molar-refractivity contribution in [2.45, 2.75) is 57.4 Å². The van der Waals surface area contributed by atoms with E-state index < -0.39 is 0 Å². The number of nitrogens with one attached hydrogen (secondary N) is 1. The van der Waals surface area contributed by atoms with Gasteiger partial charge in [-0.25, -0.2) is 0 Å². The average Bonchev–Trinajstić information content (AvgIpc) is 3.32. The number of benzene rings is 1. The zero-order valence-corrected chi connectivity index (χ0v) is 14.9. The van der Waals surface area contributed by atoms with Crippen molar-refractivity contribution in [3.05, 3.63) is 57.3 Å². The van der Waals surface area contributed by atoms with Crippen LogP contribution >= 0.6 is 11.3 Å². The minimum Gasteiger partial charge on any atom is -0.344 e. The first-order chi connectivity index (χ1) is 11.8. The van der Waals surface area contributed by atoms with Crippen molar-refractivity contribution in [2.75, 3.05) is 0 Å². The summed E-state index contributed by atoms with van der Waals surface area (Å²) in [5, 5.41) is 5.46. The Labute approximate surface area is 148 Å². The summed E-state index contributed by atoms with van der Waals surface area (Å²) in [6.45, 7) is 0. The molecular weight excluding hydrogens is 314 g/mol. The van der Waals surface area contributed by atoms with Crippen LogP contribution in [0.2, 0.25) is 0 Å². The fourth-order valence-corrected chi connectivity index (χ4v) is 4.96. The largest absolute Gasteiger partial charge is 0.344 e. The van der Waals surface area contributed by atoms with Gasteiger partial charge in [0.2, 0.25) is 5.91 Å². The number of hydrogen-bond donors (Lipinski definition) is 1. The van der Waals surface area contributed by atoms with Crippen LogP contribution in [0, 0.1) is 5.92 Å². The fraction of sp³-hybridized carbons (Fsp3) is 0.476. The monoisotopic (exact) mass is 339 g/mol. The van der Waals surface area contributed by atoms with E-state index in [2.05, 4.69) is 41.0 Å². The molecule has 2 nitrogen and oxygen atoms in total. The second-order valence-corrected chi connectivity index (χ2v) is 8.15. The number of thiophene rings is 1. The molecule has 1 amide bonds. The smallest absolute Gasteiger partial charge is 0.223 e. The van der Waals surface area contributed by atoms with Gasteiger partial charge in [0.25, 0.3) is 0 Å². The summed E-state index contributed by atoms with van der Waals surface area (Å²) in [4.78, 5) is 13.9. The second kappa shape index (κ2) is 7.10. The van der Waals surface area contributed by atoms with Crippen molar-refractivity contribution < 1.29 is 4.79 Å². The molecule has 24 heavy (non-hydrogen) atoms. The number of carbonyl (C=O) groups excluding carboxylic acids is 1. The first kappa shape index (κ1) is 15.9. The highest BCUT2D eigenvalue weighted by Gasteiger charge is 2.26. The maximum absolute atomic E-state index is 12.7. The van der Waals surface area contributed by atoms with Crippen molar-refractivity contribution in [1.29, 1.82) is 0 Å². The van der Waals surface area contributed by atoms with E-state index in [4.69, 9.17) is 0 Å². The highest BCUT2D eigenvalue weighted by Crippen LogP contribution is 2.32. The van der Waals surface area contributed by atoms with Gasteiger partial charge in [0.05, 0.1) is 6.04 Å². The lowest BCUT2D eigenvalue weighted by Crippen LogP contribution is -2.33. The summed E-state index contributed by atoms with van der Waals surface area (Å²) in [5.41, 5.74) is 4.22. The Hall–Kier alpha value is -1.61. The van der Waals surface area contributed by atoms with Crippen LogP contribution in [0.15, 0.2) is 35.7 Å². The maximum Gasteiger partial charge on any atom is 0.223 e. The lowest BCUT2D eigenvalue weighted by molar-refractivity contribution is -0.125. The fourth-order valence-electron chi connectivity index (χ4n) is 4.16. The molecule has 1 heterocycles. The number of rotatable bonds is 4. The standard InChI is InChI=1S/C21H25NOS/c23-21(16-7-2-3-8-16)22-20(19-10-5-13-24-19)18-12-11-15-6-1-4-9-17(15)14-18/h5,10-14,16,20H,1-4,6-9H2,(H,22,23). The van der Waals surface area contributed by atoms with Crippen molar-refractivity contribution in [1.82, 2.24) is 5.32 Å². The first-order valence-corrected chi connectivity index (χ1v) is 10.1. The van der Waals surface area contributed by atoms with Gasteiger partial charge in [-0.3, -0.25) is 4.79 Å². The quantitative estimate of drug-likeness (QED) is 0.832. The van der Waals surface area contributed by atoms with Gasteiger partial charge in [-0.1, -0.05) is 37.1 Å². The number of aryl methyl sites for hydroxylation is 2. The molecule has 2 aliphatic carbocycles. The van der Waals surface area contributed by atoms with Crippen LogP contribution in [0.4, 0.5) is 0 Å². The first-order valence-electron chi connectivity index (χ1n) is 9.27. The van der Waals surface area contributed by atoms with E-state index in [-0.39, 0.29) is 17.9 Å². The van der Waals surface area contributed by atoms with Gasteiger partial charge in [-0.15, -0.1) is 11.3 Å². The molecule has 2 aliphatic rings. The Balaban J connectivity index is 1.62. The molecule has 3 heteroatoms. The van der Waals surface area contributed by atoms with Crippen molar-refractivity contribution in [3.63, 3.8) is 0 Å². The van der Waals surface area contributed by atoms with Crippen molar-refractivity contribution in [3.8, 4) is 0 Å². The van der Waals surface area contributed by atoms with Crippen LogP contribution in [-0.2, 0) is 17.6 Å². The molecular formula is C21H25NOS. The van der Waals surface area contributed by atoms with Crippen LogP contribution in [-0.4, -0.2) is 5.91 Å². The molecule has 1 unspecified atom stereocenters. The summed E-state index contributed by atoms with van der Waals surface area (Å²) in [7, 11) is 0. The third-order valence-electron chi connectivity index (χ3n) is 5.55. The SMILES string of the molecule is O=C(NC(c1ccc2c(c1)CCCC2)c1cccs1)C1CCCC1. The van der Waals surface area contributed by atoms with Crippen LogP contribution in [0.3, 0.4) is 0 Å². The maximum atomic E-state index is 12.7. The topological polar surface area (TPSA) is 29.1 Å². The minimum absolute atomic E-state index is 0.00493. The number of amides is 1. The highest BCUT2D eigenvalue weighted by molar-refractivity contribution is 7.10. The van der Waals surface area contributed by atoms with Crippen LogP contribution in [0.1, 0.15) is 66.1 Å². The molecule has 1 fully saturated rings. The van der Waals surface area contributed by atoms with Gasteiger partial charge in [-0.05, 0) is 66.7 Å². The molecule has 126 valence electrons. The molecule has 1 saturated carbocycles. The van der Waals surface area contributed by atoms with Crippen LogP contribution in [0.25, 0.3) is 0 Å². The minimum atomic E-state index is 0.00493. The Kier molecular flexibility index (Phi) is 4.70. The van der Waals surface area contributed by atoms with E-state index in [9.17, 15) is 4.79 Å². The van der Waals surface area contributed by atoms with E-state index in [0.29, 0.717) is 0 Å². The van der Waals surface area contributed by atoms with Crippen molar-refractivity contribution >= 4 is 17.2 Å². The lowest BCUT2D eigenvalue weighted by atomic mass is 9.89. The number of hydrogen-bond acceptors (Lipinski definition) is 2. The van der Waals surface area contributed by atoms with Gasteiger partial charge in [-0.2, -0.15) is 0 Å². The molecule has 0 saturated heterocycles. The Morgan fingerprint density at radius 1 is 1.04 bits per heavy atom. The molecule has 2 aromatic rings. The van der Waals surface area contributed by atoms with Gasteiger partial charge >= 0.3 is 0 Å². The molecule has 1 aromatic carbocycles. The van der Waals surface area contributed by atoms with Gasteiger partial charge in [0, 0.05) is 10.8 Å². The Morgan fingerprint density at radius 3 is 2.58 bits per heavy atom. The summed E-state index contributed by atoms with van der Waals surface area (Å²) in [6, 6.07) is 11.1. The predicted molar refractivity (Wildman–Crippen MR) is 99.3 cm³/mol. The van der Waals surface area contributed by atoms with Gasteiger partial charge in [0.15, 0.2) is 0 Å². The van der Waals surface area contributed by atoms with E-state index in [1.165, 1.54) is 60.1 Å². The van der Waals surface area contributed by atoms with Crippen LogP contribution < -0.4 is 5.32 Å². The highest BCUT2D eigenvalue weighted by atomic mass is 32.1. The third kappa shape index (κ3) is 3.27. The zero-order chi connectivity index (χ0) is 16.4. The normalized spacial score (nSPS) is 19.0. The number of carbonyl (C=O) groups is 1. The predicted octanol–water partition coefficient (Wildman–Crippen LogP) is 5.02. The van der Waals surface area contributed by atoms with E-state index in [0.717, 1.165) is 12.8 Å². The van der Waals surface area contributed by atoms with E-state index in [1.807, 2.05) is 0 Å². The Bertz CT molecular complexity index is 701. The Morgan fingerprint density at radius 2 is 1.83 bits per heavy atom.